The molecule has 3 atom stereocenters. The summed E-state index contributed by atoms with van der Waals surface area (Å²) >= 11 is -0.998. The second kappa shape index (κ2) is 2.23. The van der Waals surface area contributed by atoms with Gasteiger partial charge >= 0.3 is 67.6 Å². The third kappa shape index (κ3) is 0.936. The van der Waals surface area contributed by atoms with Crippen molar-refractivity contribution in [1.82, 2.24) is 0 Å². The molecule has 0 nitrogen and oxygen atoms in total. The van der Waals surface area contributed by atoms with Crippen molar-refractivity contribution in [1.29, 1.82) is 0 Å². The monoisotopic (exact) mass is 251 g/mol. The summed E-state index contributed by atoms with van der Waals surface area (Å²) < 4.78 is 6.01. The molecule has 0 aromatic heterocycles. The van der Waals surface area contributed by atoms with Crippen LogP contribution in [0.5, 0.6) is 0 Å². The molecule has 2 aliphatic heterocycles. The molecule has 3 unspecified atom stereocenters. The Bertz CT molecular complexity index is 174. The van der Waals surface area contributed by atoms with Crippen molar-refractivity contribution in [3.63, 3.8) is 0 Å². The van der Waals surface area contributed by atoms with Gasteiger partial charge in [0.05, 0.1) is 0 Å². The Kier molecular flexibility index (Phi) is 1.59. The van der Waals surface area contributed by atoms with Gasteiger partial charge < -0.3 is 0 Å². The van der Waals surface area contributed by atoms with Crippen molar-refractivity contribution in [2.75, 3.05) is 13.3 Å². The minimum atomic E-state index is -0.998. The predicted molar refractivity (Wildman–Crippen MR) is 42.4 cm³/mol. The molecule has 60 valence electrons. The first-order valence-electron chi connectivity index (χ1n) is 4.12. The van der Waals surface area contributed by atoms with Gasteiger partial charge in [-0.1, -0.05) is 0 Å². The number of allylic oxidation sites excluding steroid dienone is 2. The molecule has 10 heavy (non-hydrogen) atoms. The Hall–Kier alpha value is 0.470. The summed E-state index contributed by atoms with van der Waals surface area (Å²) in [6.45, 7) is 4.80. The van der Waals surface area contributed by atoms with E-state index < -0.39 is 18.4 Å². The standard InChI is InChI=1S/C9H16I/c1-3-10-6-8(2)4-5-9(10)7-10/h4-5,8-9H,3,6-7H2,1-2H3/q-1. The zero-order chi connectivity index (χ0) is 7.19. The minimum absolute atomic E-state index is 0.926. The van der Waals surface area contributed by atoms with Crippen molar-refractivity contribution < 1.29 is 18.4 Å². The molecule has 1 saturated heterocycles. The predicted octanol–water partition coefficient (Wildman–Crippen LogP) is -1.25. The van der Waals surface area contributed by atoms with Crippen LogP contribution in [0.4, 0.5) is 0 Å². The van der Waals surface area contributed by atoms with E-state index in [9.17, 15) is 0 Å². The third-order valence-electron chi connectivity index (χ3n) is 2.68. The molecule has 0 saturated carbocycles. The van der Waals surface area contributed by atoms with Gasteiger partial charge in [0.15, 0.2) is 0 Å². The first-order chi connectivity index (χ1) is 4.77. The van der Waals surface area contributed by atoms with Crippen LogP contribution in [-0.2, 0) is 0 Å². The Morgan fingerprint density at radius 2 is 2.20 bits per heavy atom. The summed E-state index contributed by atoms with van der Waals surface area (Å²) in [7, 11) is 0. The molecule has 0 aliphatic carbocycles. The van der Waals surface area contributed by atoms with E-state index in [-0.39, 0.29) is 0 Å². The van der Waals surface area contributed by atoms with Gasteiger partial charge in [-0.3, -0.25) is 0 Å². The molecule has 2 aliphatic rings. The number of fused-ring (bicyclic) bond motifs is 1. The molecule has 0 aromatic carbocycles. The first-order valence-corrected chi connectivity index (χ1v) is 9.94. The normalized spacial score (nSPS) is 57.0. The molecule has 0 N–H and O–H groups in total. The fourth-order valence-corrected chi connectivity index (χ4v) is 14.4. The van der Waals surface area contributed by atoms with Crippen LogP contribution in [0.25, 0.3) is 0 Å². The molecule has 2 heterocycles. The van der Waals surface area contributed by atoms with E-state index in [2.05, 4.69) is 26.0 Å². The maximum absolute atomic E-state index is 2.52. The van der Waals surface area contributed by atoms with Crippen LogP contribution in [0.1, 0.15) is 13.8 Å². The van der Waals surface area contributed by atoms with Crippen LogP contribution in [-0.4, -0.2) is 17.2 Å². The number of halogens is 1. The summed E-state index contributed by atoms with van der Waals surface area (Å²) in [5.74, 6) is 0.926. The van der Waals surface area contributed by atoms with Crippen molar-refractivity contribution in [3.05, 3.63) is 12.2 Å². The van der Waals surface area contributed by atoms with E-state index in [1.807, 2.05) is 0 Å². The Balaban J connectivity index is 2.13. The van der Waals surface area contributed by atoms with Gasteiger partial charge in [0, 0.05) is 0 Å². The average Bonchev–Trinajstić information content (AvgIpc) is 2.62. The molecule has 0 amide bonds. The Labute approximate surface area is 67.6 Å². The van der Waals surface area contributed by atoms with Gasteiger partial charge in [-0.25, -0.2) is 0 Å². The molecule has 0 spiro atoms. The van der Waals surface area contributed by atoms with E-state index in [1.165, 1.54) is 0 Å². The Morgan fingerprint density at radius 1 is 1.40 bits per heavy atom. The first kappa shape index (κ1) is 7.14. The molecular formula is C9H16I-. The summed E-state index contributed by atoms with van der Waals surface area (Å²) in [5, 5.41) is 0. The van der Waals surface area contributed by atoms with Crippen LogP contribution in [0, 0.1) is 5.92 Å². The molecule has 0 radical (unpaired) electrons. The van der Waals surface area contributed by atoms with Crippen LogP contribution in [0.2, 0.25) is 0 Å². The Morgan fingerprint density at radius 3 is 2.80 bits per heavy atom. The van der Waals surface area contributed by atoms with Gasteiger partial charge in [0.25, 0.3) is 0 Å². The molecular weight excluding hydrogens is 235 g/mol. The van der Waals surface area contributed by atoms with E-state index >= 15 is 0 Å². The molecule has 0 bridgehead atoms. The van der Waals surface area contributed by atoms with Crippen LogP contribution in [0.3, 0.4) is 0 Å². The van der Waals surface area contributed by atoms with Gasteiger partial charge in [-0.2, -0.15) is 0 Å². The number of hydrogen-bond donors (Lipinski definition) is 0. The SMILES string of the molecule is CC[I-]12CC(C)C=CC1C2. The fraction of sp³-hybridized carbons (Fsp3) is 0.778. The summed E-state index contributed by atoms with van der Waals surface area (Å²) in [6, 6.07) is 0. The van der Waals surface area contributed by atoms with Crippen molar-refractivity contribution in [3.8, 4) is 0 Å². The maximum atomic E-state index is 2.52. The van der Waals surface area contributed by atoms with E-state index in [4.69, 9.17) is 0 Å². The molecule has 1 fully saturated rings. The second-order valence-corrected chi connectivity index (χ2v) is 14.2. The quantitative estimate of drug-likeness (QED) is 0.310. The summed E-state index contributed by atoms with van der Waals surface area (Å²) in [6.07, 6.45) is 4.96. The van der Waals surface area contributed by atoms with Gasteiger partial charge in [0.2, 0.25) is 0 Å². The molecule has 1 heteroatoms. The zero-order valence-electron chi connectivity index (χ0n) is 6.81. The topological polar surface area (TPSA) is 0 Å². The van der Waals surface area contributed by atoms with Gasteiger partial charge in [0.1, 0.15) is 0 Å². The van der Waals surface area contributed by atoms with Crippen LogP contribution in [0.15, 0.2) is 12.2 Å². The van der Waals surface area contributed by atoms with Crippen molar-refractivity contribution in [2.45, 2.75) is 17.8 Å². The summed E-state index contributed by atoms with van der Waals surface area (Å²) in [4.78, 5) is 0. The zero-order valence-corrected chi connectivity index (χ0v) is 8.97. The van der Waals surface area contributed by atoms with Crippen LogP contribution < -0.4 is 18.4 Å². The van der Waals surface area contributed by atoms with Gasteiger partial charge in [-0.05, 0) is 0 Å². The molecule has 0 aromatic rings. The third-order valence-corrected chi connectivity index (χ3v) is 14.7. The van der Waals surface area contributed by atoms with E-state index in [1.54, 1.807) is 13.3 Å². The number of rotatable bonds is 1. The summed E-state index contributed by atoms with van der Waals surface area (Å²) in [5.41, 5.74) is 0. The average molecular weight is 251 g/mol. The number of alkyl halides is 4. The van der Waals surface area contributed by atoms with Crippen LogP contribution >= 0.6 is 0 Å². The van der Waals surface area contributed by atoms with Crippen molar-refractivity contribution in [2.24, 2.45) is 5.92 Å². The van der Waals surface area contributed by atoms with E-state index in [0.717, 1.165) is 9.84 Å². The van der Waals surface area contributed by atoms with Crippen molar-refractivity contribution >= 4 is 0 Å². The van der Waals surface area contributed by atoms with Gasteiger partial charge in [-0.15, -0.1) is 0 Å². The second-order valence-electron chi connectivity index (χ2n) is 3.48. The van der Waals surface area contributed by atoms with E-state index in [0.29, 0.717) is 0 Å². The fourth-order valence-electron chi connectivity index (χ4n) is 1.91. The molecule has 2 rings (SSSR count). The number of hydrogen-bond acceptors (Lipinski definition) is 0.